The number of carbonyl (C=O) groups is 1. The van der Waals surface area contributed by atoms with Gasteiger partial charge in [0.2, 0.25) is 0 Å². The number of carboxylic acid groups (broad SMARTS) is 1. The second-order valence-electron chi connectivity index (χ2n) is 7.00. The highest BCUT2D eigenvalue weighted by Crippen LogP contribution is 2.30. The summed E-state index contributed by atoms with van der Waals surface area (Å²) in [5.41, 5.74) is 4.29. The molecule has 29 heavy (non-hydrogen) atoms. The quantitative estimate of drug-likeness (QED) is 0.377. The molecular formula is C22H21N3O3S. The van der Waals surface area contributed by atoms with Gasteiger partial charge in [-0.05, 0) is 43.5 Å². The average molecular weight is 407 g/mol. The van der Waals surface area contributed by atoms with E-state index in [9.17, 15) is 14.7 Å². The molecule has 0 bridgehead atoms. The summed E-state index contributed by atoms with van der Waals surface area (Å²) in [5, 5.41) is 10.1. The molecule has 0 aliphatic heterocycles. The average Bonchev–Trinajstić information content (AvgIpc) is 3.08. The summed E-state index contributed by atoms with van der Waals surface area (Å²) in [5.74, 6) is -0.918. The first-order chi connectivity index (χ1) is 13.9. The maximum absolute atomic E-state index is 13.6. The second kappa shape index (κ2) is 7.40. The molecule has 0 aliphatic carbocycles. The Morgan fingerprint density at radius 2 is 1.97 bits per heavy atom. The number of nitrogens with one attached hydrogen (secondary N) is 1. The molecule has 0 radical (unpaired) electrons. The summed E-state index contributed by atoms with van der Waals surface area (Å²) in [6.45, 7) is 5.75. The topological polar surface area (TPSA) is 88.0 Å². The monoisotopic (exact) mass is 407 g/mol. The lowest BCUT2D eigenvalue weighted by Gasteiger charge is -2.17. The van der Waals surface area contributed by atoms with Gasteiger partial charge in [0.15, 0.2) is 5.16 Å². The minimum absolute atomic E-state index is 0.234. The first-order valence-electron chi connectivity index (χ1n) is 9.42. The van der Waals surface area contributed by atoms with E-state index in [-0.39, 0.29) is 5.56 Å². The van der Waals surface area contributed by atoms with Gasteiger partial charge in [-0.2, -0.15) is 0 Å². The van der Waals surface area contributed by atoms with E-state index in [4.69, 9.17) is 4.98 Å². The van der Waals surface area contributed by atoms with E-state index in [2.05, 4.69) is 4.98 Å². The molecule has 7 heteroatoms. The molecule has 2 heterocycles. The third kappa shape index (κ3) is 3.21. The first-order valence-corrected chi connectivity index (χ1v) is 10.3. The molecule has 0 spiro atoms. The molecule has 0 saturated heterocycles. The third-order valence-corrected chi connectivity index (χ3v) is 6.51. The largest absolute Gasteiger partial charge is 0.480 e. The number of hydrogen-bond donors (Lipinski definition) is 2. The van der Waals surface area contributed by atoms with Crippen molar-refractivity contribution in [1.82, 2.24) is 14.5 Å². The highest BCUT2D eigenvalue weighted by atomic mass is 32.2. The Kier molecular flexibility index (Phi) is 4.92. The molecule has 4 aromatic rings. The Morgan fingerprint density at radius 3 is 2.69 bits per heavy atom. The van der Waals surface area contributed by atoms with E-state index in [1.165, 1.54) is 4.57 Å². The Labute approximate surface area is 171 Å². The summed E-state index contributed by atoms with van der Waals surface area (Å²) in [6, 6.07) is 13.3. The normalized spacial score (nSPS) is 12.5. The van der Waals surface area contributed by atoms with E-state index in [1.807, 2.05) is 63.2 Å². The van der Waals surface area contributed by atoms with Crippen LogP contribution < -0.4 is 5.56 Å². The molecule has 0 unspecified atom stereocenters. The van der Waals surface area contributed by atoms with Crippen LogP contribution in [0, 0.1) is 13.8 Å². The Bertz CT molecular complexity index is 1310. The molecule has 2 aromatic heterocycles. The first kappa shape index (κ1) is 19.3. The fourth-order valence-electron chi connectivity index (χ4n) is 3.45. The minimum Gasteiger partial charge on any atom is -0.480 e. The number of carboxylic acids is 1. The molecule has 4 rings (SSSR count). The summed E-state index contributed by atoms with van der Waals surface area (Å²) in [4.78, 5) is 33.2. The van der Waals surface area contributed by atoms with Crippen molar-refractivity contribution < 1.29 is 9.90 Å². The Morgan fingerprint density at radius 1 is 1.21 bits per heavy atom. The van der Waals surface area contributed by atoms with Gasteiger partial charge >= 0.3 is 5.97 Å². The molecule has 6 nitrogen and oxygen atoms in total. The van der Waals surface area contributed by atoms with Crippen LogP contribution in [0.5, 0.6) is 0 Å². The van der Waals surface area contributed by atoms with Crippen molar-refractivity contribution >= 4 is 39.7 Å². The molecule has 0 fully saturated rings. The summed E-state index contributed by atoms with van der Waals surface area (Å²) in [7, 11) is 0. The molecule has 0 saturated carbocycles. The predicted octanol–water partition coefficient (Wildman–Crippen LogP) is 4.44. The van der Waals surface area contributed by atoms with Crippen molar-refractivity contribution in [3.05, 3.63) is 63.9 Å². The Hall–Kier alpha value is -3.06. The second-order valence-corrected chi connectivity index (χ2v) is 8.17. The van der Waals surface area contributed by atoms with Gasteiger partial charge in [0.05, 0.1) is 5.69 Å². The van der Waals surface area contributed by atoms with Gasteiger partial charge in [-0.1, -0.05) is 49.0 Å². The van der Waals surface area contributed by atoms with Gasteiger partial charge in [-0.25, -0.2) is 4.98 Å². The standard InChI is InChI=1S/C22H21N3O3S/c1-4-17(21(27)28)29-22-24-18-14-9-5-6-10-15(14)23-19(18)20(26)25(22)16-11-7-8-12(2)13(16)3/h5-11,17,23H,4H2,1-3H3,(H,27,28)/t17-/m0/s1. The number of benzene rings is 2. The zero-order valence-corrected chi connectivity index (χ0v) is 17.2. The number of hydrogen-bond acceptors (Lipinski definition) is 4. The summed E-state index contributed by atoms with van der Waals surface area (Å²) in [6.07, 6.45) is 0.425. The van der Waals surface area contributed by atoms with Crippen molar-refractivity contribution in [2.24, 2.45) is 0 Å². The lowest BCUT2D eigenvalue weighted by molar-refractivity contribution is -0.136. The zero-order chi connectivity index (χ0) is 20.7. The number of aliphatic carboxylic acids is 1. The number of aromatic nitrogens is 3. The third-order valence-electron chi connectivity index (χ3n) is 5.21. The molecule has 2 N–H and O–H groups in total. The summed E-state index contributed by atoms with van der Waals surface area (Å²) < 4.78 is 1.54. The summed E-state index contributed by atoms with van der Waals surface area (Å²) >= 11 is 1.11. The van der Waals surface area contributed by atoms with Gasteiger partial charge in [0, 0.05) is 10.9 Å². The highest BCUT2D eigenvalue weighted by molar-refractivity contribution is 8.00. The van der Waals surface area contributed by atoms with Crippen LogP contribution in [-0.4, -0.2) is 30.9 Å². The molecule has 2 aromatic carbocycles. The molecule has 148 valence electrons. The van der Waals surface area contributed by atoms with Crippen LogP contribution in [0.4, 0.5) is 0 Å². The highest BCUT2D eigenvalue weighted by Gasteiger charge is 2.24. The van der Waals surface area contributed by atoms with Crippen molar-refractivity contribution in [2.45, 2.75) is 37.6 Å². The van der Waals surface area contributed by atoms with E-state index in [0.29, 0.717) is 28.3 Å². The van der Waals surface area contributed by atoms with Gasteiger partial charge in [0.1, 0.15) is 16.3 Å². The molecule has 0 aliphatic rings. The fourth-order valence-corrected chi connectivity index (χ4v) is 4.40. The van der Waals surface area contributed by atoms with E-state index in [0.717, 1.165) is 33.8 Å². The smallest absolute Gasteiger partial charge is 0.317 e. The van der Waals surface area contributed by atoms with E-state index >= 15 is 0 Å². The van der Waals surface area contributed by atoms with Crippen LogP contribution in [0.3, 0.4) is 0 Å². The number of aryl methyl sites for hydroxylation is 1. The van der Waals surface area contributed by atoms with Crippen molar-refractivity contribution in [1.29, 1.82) is 0 Å². The lowest BCUT2D eigenvalue weighted by atomic mass is 10.1. The predicted molar refractivity (Wildman–Crippen MR) is 116 cm³/mol. The molecular weight excluding hydrogens is 386 g/mol. The van der Waals surface area contributed by atoms with Gasteiger partial charge in [0.25, 0.3) is 5.56 Å². The molecule has 1 atom stereocenters. The number of nitrogens with zero attached hydrogens (tertiary/aromatic N) is 2. The minimum atomic E-state index is -0.918. The maximum Gasteiger partial charge on any atom is 0.317 e. The van der Waals surface area contributed by atoms with Crippen LogP contribution in [0.25, 0.3) is 27.6 Å². The number of fused-ring (bicyclic) bond motifs is 3. The maximum atomic E-state index is 13.6. The van der Waals surface area contributed by atoms with Gasteiger partial charge < -0.3 is 10.1 Å². The van der Waals surface area contributed by atoms with Crippen LogP contribution in [0.15, 0.2) is 52.4 Å². The van der Waals surface area contributed by atoms with E-state index < -0.39 is 11.2 Å². The van der Waals surface area contributed by atoms with Crippen molar-refractivity contribution in [3.8, 4) is 5.69 Å². The van der Waals surface area contributed by atoms with Crippen LogP contribution >= 0.6 is 11.8 Å². The van der Waals surface area contributed by atoms with Crippen molar-refractivity contribution in [2.75, 3.05) is 0 Å². The number of para-hydroxylation sites is 1. The molecule has 0 amide bonds. The van der Waals surface area contributed by atoms with Crippen LogP contribution in [0.2, 0.25) is 0 Å². The number of aromatic amines is 1. The van der Waals surface area contributed by atoms with Crippen LogP contribution in [0.1, 0.15) is 24.5 Å². The van der Waals surface area contributed by atoms with E-state index in [1.54, 1.807) is 0 Å². The fraction of sp³-hybridized carbons (Fsp3) is 0.227. The van der Waals surface area contributed by atoms with Gasteiger partial charge in [-0.3, -0.25) is 14.2 Å². The number of thioether (sulfide) groups is 1. The van der Waals surface area contributed by atoms with Crippen LogP contribution in [-0.2, 0) is 4.79 Å². The SMILES string of the molecule is CC[C@H](Sc1nc2c([nH]c3ccccc32)c(=O)n1-c1cccc(C)c1C)C(=O)O. The Balaban J connectivity index is 2.08. The van der Waals surface area contributed by atoms with Crippen molar-refractivity contribution in [3.63, 3.8) is 0 Å². The number of rotatable bonds is 5. The van der Waals surface area contributed by atoms with Gasteiger partial charge in [-0.15, -0.1) is 0 Å². The lowest BCUT2D eigenvalue weighted by Crippen LogP contribution is -2.25. The number of H-pyrrole nitrogens is 1. The zero-order valence-electron chi connectivity index (χ0n) is 16.4.